The molecule has 0 spiro atoms. The second-order valence-electron chi connectivity index (χ2n) is 5.00. The van der Waals surface area contributed by atoms with E-state index >= 15 is 0 Å². The Kier molecular flexibility index (Phi) is 4.86. The van der Waals surface area contributed by atoms with E-state index in [4.69, 9.17) is 0 Å². The van der Waals surface area contributed by atoms with Crippen LogP contribution in [0.15, 0.2) is 71.3 Å². The summed E-state index contributed by atoms with van der Waals surface area (Å²) in [4.78, 5) is 16.4. The van der Waals surface area contributed by atoms with Crippen molar-refractivity contribution in [2.45, 2.75) is 0 Å². The van der Waals surface area contributed by atoms with Crippen LogP contribution in [0.4, 0.5) is 21.6 Å². The van der Waals surface area contributed by atoms with E-state index in [2.05, 4.69) is 31.5 Å². The van der Waals surface area contributed by atoms with E-state index in [-0.39, 0.29) is 11.7 Å². The molecule has 0 aliphatic carbocycles. The number of hydrogen-bond acceptors (Lipinski definition) is 3. The SMILES string of the molecule is O=C(Nc1ccccc1Br)c1ccc(Nc2cccc(F)c2)nc1. The van der Waals surface area contributed by atoms with Crippen LogP contribution in [0, 0.1) is 5.82 Å². The predicted octanol–water partition coefficient (Wildman–Crippen LogP) is 4.98. The minimum Gasteiger partial charge on any atom is -0.340 e. The van der Waals surface area contributed by atoms with Crippen LogP contribution >= 0.6 is 15.9 Å². The number of nitrogens with one attached hydrogen (secondary N) is 2. The number of carbonyl (C=O) groups excluding carboxylic acids is 1. The maximum absolute atomic E-state index is 13.2. The zero-order chi connectivity index (χ0) is 16.9. The van der Waals surface area contributed by atoms with Crippen molar-refractivity contribution in [3.8, 4) is 0 Å². The van der Waals surface area contributed by atoms with Gasteiger partial charge in [-0.2, -0.15) is 0 Å². The summed E-state index contributed by atoms with van der Waals surface area (Å²) in [6, 6.07) is 16.8. The van der Waals surface area contributed by atoms with Crippen LogP contribution in [0.2, 0.25) is 0 Å². The van der Waals surface area contributed by atoms with Crippen molar-refractivity contribution < 1.29 is 9.18 Å². The number of carbonyl (C=O) groups is 1. The Hall–Kier alpha value is -2.73. The molecule has 2 aromatic carbocycles. The van der Waals surface area contributed by atoms with E-state index in [1.165, 1.54) is 18.3 Å². The highest BCUT2D eigenvalue weighted by Crippen LogP contribution is 2.22. The molecule has 0 radical (unpaired) electrons. The average molecular weight is 386 g/mol. The van der Waals surface area contributed by atoms with Gasteiger partial charge >= 0.3 is 0 Å². The highest BCUT2D eigenvalue weighted by Gasteiger charge is 2.08. The van der Waals surface area contributed by atoms with Crippen LogP contribution in [0.1, 0.15) is 10.4 Å². The lowest BCUT2D eigenvalue weighted by Gasteiger charge is -2.08. The number of halogens is 2. The summed E-state index contributed by atoms with van der Waals surface area (Å²) in [6.45, 7) is 0. The van der Waals surface area contributed by atoms with Crippen LogP contribution in [0.3, 0.4) is 0 Å². The minimum atomic E-state index is -0.329. The number of rotatable bonds is 4. The van der Waals surface area contributed by atoms with Crippen LogP contribution in [-0.4, -0.2) is 10.9 Å². The molecule has 1 aromatic heterocycles. The standard InChI is InChI=1S/C18H13BrFN3O/c19-15-6-1-2-7-16(15)23-18(24)12-8-9-17(21-11-12)22-14-5-3-4-13(20)10-14/h1-11H,(H,21,22)(H,23,24). The first-order valence-electron chi connectivity index (χ1n) is 7.16. The highest BCUT2D eigenvalue weighted by molar-refractivity contribution is 9.10. The number of benzene rings is 2. The molecule has 120 valence electrons. The molecule has 0 saturated heterocycles. The zero-order valence-electron chi connectivity index (χ0n) is 12.5. The van der Waals surface area contributed by atoms with Gasteiger partial charge in [0.25, 0.3) is 5.91 Å². The Morgan fingerprint density at radius 2 is 1.88 bits per heavy atom. The quantitative estimate of drug-likeness (QED) is 0.665. The first kappa shape index (κ1) is 16.1. The van der Waals surface area contributed by atoms with Gasteiger partial charge in [-0.3, -0.25) is 4.79 Å². The van der Waals surface area contributed by atoms with Gasteiger partial charge in [-0.1, -0.05) is 18.2 Å². The first-order valence-corrected chi connectivity index (χ1v) is 7.95. The molecular weight excluding hydrogens is 373 g/mol. The molecule has 2 N–H and O–H groups in total. The predicted molar refractivity (Wildman–Crippen MR) is 96.0 cm³/mol. The van der Waals surface area contributed by atoms with Crippen LogP contribution < -0.4 is 10.6 Å². The van der Waals surface area contributed by atoms with Gasteiger partial charge in [0.2, 0.25) is 0 Å². The van der Waals surface area contributed by atoms with Crippen LogP contribution in [-0.2, 0) is 0 Å². The van der Waals surface area contributed by atoms with Crippen molar-refractivity contribution in [1.82, 2.24) is 4.98 Å². The second kappa shape index (κ2) is 7.23. The lowest BCUT2D eigenvalue weighted by Crippen LogP contribution is -2.12. The highest BCUT2D eigenvalue weighted by atomic mass is 79.9. The van der Waals surface area contributed by atoms with Crippen molar-refractivity contribution in [3.63, 3.8) is 0 Å². The summed E-state index contributed by atoms with van der Waals surface area (Å²) in [5, 5.41) is 5.79. The fourth-order valence-corrected chi connectivity index (χ4v) is 2.46. The Bertz CT molecular complexity index is 868. The van der Waals surface area contributed by atoms with Gasteiger partial charge < -0.3 is 10.6 Å². The average Bonchev–Trinajstić information content (AvgIpc) is 2.57. The largest absolute Gasteiger partial charge is 0.340 e. The van der Waals surface area contributed by atoms with Gasteiger partial charge in [0.15, 0.2) is 0 Å². The number of para-hydroxylation sites is 1. The lowest BCUT2D eigenvalue weighted by molar-refractivity contribution is 0.102. The molecule has 0 bridgehead atoms. The van der Waals surface area contributed by atoms with Crippen molar-refractivity contribution >= 4 is 39.0 Å². The van der Waals surface area contributed by atoms with Crippen LogP contribution in [0.25, 0.3) is 0 Å². The number of aromatic nitrogens is 1. The fraction of sp³-hybridized carbons (Fsp3) is 0. The van der Waals surface area contributed by atoms with Gasteiger partial charge in [-0.15, -0.1) is 0 Å². The second-order valence-corrected chi connectivity index (χ2v) is 5.86. The summed E-state index contributed by atoms with van der Waals surface area (Å²) in [5.74, 6) is -0.0609. The molecule has 0 fully saturated rings. The Morgan fingerprint density at radius 3 is 2.58 bits per heavy atom. The molecule has 0 atom stereocenters. The van der Waals surface area contributed by atoms with E-state index in [9.17, 15) is 9.18 Å². The Morgan fingerprint density at radius 1 is 1.04 bits per heavy atom. The molecule has 1 heterocycles. The zero-order valence-corrected chi connectivity index (χ0v) is 14.0. The third-order valence-electron chi connectivity index (χ3n) is 3.24. The van der Waals surface area contributed by atoms with E-state index in [1.54, 1.807) is 30.3 Å². The van der Waals surface area contributed by atoms with E-state index < -0.39 is 0 Å². The third-order valence-corrected chi connectivity index (χ3v) is 3.94. The first-order chi connectivity index (χ1) is 11.6. The fourth-order valence-electron chi connectivity index (χ4n) is 2.07. The van der Waals surface area contributed by atoms with Gasteiger partial charge in [-0.05, 0) is 58.4 Å². The molecule has 6 heteroatoms. The number of pyridine rings is 1. The molecule has 0 aliphatic rings. The lowest BCUT2D eigenvalue weighted by atomic mass is 10.2. The monoisotopic (exact) mass is 385 g/mol. The summed E-state index contributed by atoms with van der Waals surface area (Å²) in [7, 11) is 0. The molecule has 3 rings (SSSR count). The minimum absolute atomic E-state index is 0.258. The molecule has 0 unspecified atom stereocenters. The van der Waals surface area contributed by atoms with Crippen LogP contribution in [0.5, 0.6) is 0 Å². The summed E-state index contributed by atoms with van der Waals surface area (Å²) < 4.78 is 14.0. The van der Waals surface area contributed by atoms with Crippen molar-refractivity contribution in [3.05, 3.63) is 82.7 Å². The number of amides is 1. The number of nitrogens with zero attached hydrogens (tertiary/aromatic N) is 1. The van der Waals surface area contributed by atoms with E-state index in [0.717, 1.165) is 4.47 Å². The molecule has 3 aromatic rings. The molecular formula is C18H13BrFN3O. The van der Waals surface area contributed by atoms with Gasteiger partial charge in [0.1, 0.15) is 11.6 Å². The Balaban J connectivity index is 1.70. The molecule has 24 heavy (non-hydrogen) atoms. The van der Waals surface area contributed by atoms with E-state index in [0.29, 0.717) is 22.8 Å². The Labute approximate surface area is 146 Å². The van der Waals surface area contributed by atoms with Gasteiger partial charge in [0.05, 0.1) is 11.3 Å². The normalized spacial score (nSPS) is 10.2. The number of anilines is 3. The molecule has 0 saturated carbocycles. The maximum Gasteiger partial charge on any atom is 0.257 e. The summed E-state index contributed by atoms with van der Waals surface area (Å²) >= 11 is 3.38. The van der Waals surface area contributed by atoms with Crippen molar-refractivity contribution in [1.29, 1.82) is 0 Å². The van der Waals surface area contributed by atoms with Crippen molar-refractivity contribution in [2.24, 2.45) is 0 Å². The maximum atomic E-state index is 13.2. The molecule has 4 nitrogen and oxygen atoms in total. The summed E-state index contributed by atoms with van der Waals surface area (Å²) in [6.07, 6.45) is 1.47. The number of hydrogen-bond donors (Lipinski definition) is 2. The van der Waals surface area contributed by atoms with Gasteiger partial charge in [0, 0.05) is 16.4 Å². The van der Waals surface area contributed by atoms with E-state index in [1.807, 2.05) is 18.2 Å². The summed E-state index contributed by atoms with van der Waals surface area (Å²) in [5.41, 5.74) is 1.70. The van der Waals surface area contributed by atoms with Gasteiger partial charge in [-0.25, -0.2) is 9.37 Å². The molecule has 0 aliphatic heterocycles. The smallest absolute Gasteiger partial charge is 0.257 e. The third kappa shape index (κ3) is 3.97. The molecule has 1 amide bonds. The topological polar surface area (TPSA) is 54.0 Å². The van der Waals surface area contributed by atoms with Crippen molar-refractivity contribution in [2.75, 3.05) is 10.6 Å².